The van der Waals surface area contributed by atoms with Crippen molar-refractivity contribution in [2.75, 3.05) is 32.8 Å². The van der Waals surface area contributed by atoms with Gasteiger partial charge in [0.2, 0.25) is 0 Å². The molecule has 2 saturated heterocycles. The zero-order valence-corrected chi connectivity index (χ0v) is 13.9. The van der Waals surface area contributed by atoms with E-state index in [0.29, 0.717) is 45.7 Å². The minimum absolute atomic E-state index is 0.456. The van der Waals surface area contributed by atoms with E-state index in [1.165, 1.54) is 22.7 Å². The molecule has 6 nitrogen and oxygen atoms in total. The lowest BCUT2D eigenvalue weighted by Gasteiger charge is -2.36. The molecule has 1 aliphatic carbocycles. The monoisotopic (exact) mass is 330 g/mol. The fourth-order valence-corrected chi connectivity index (χ4v) is 4.62. The third-order valence-electron chi connectivity index (χ3n) is 4.75. The van der Waals surface area contributed by atoms with Gasteiger partial charge in [-0.1, -0.05) is 11.6 Å². The number of rotatable bonds is 5. The van der Waals surface area contributed by atoms with E-state index in [4.69, 9.17) is 9.47 Å². The maximum atomic E-state index is 12.3. The molecule has 3 rings (SSSR count). The van der Waals surface area contributed by atoms with Gasteiger partial charge in [-0.05, 0) is 32.1 Å². The number of nitrogens with zero attached hydrogens (tertiary/aromatic N) is 1. The van der Waals surface area contributed by atoms with Gasteiger partial charge < -0.3 is 9.47 Å². The fourth-order valence-electron chi connectivity index (χ4n) is 3.42. The Morgan fingerprint density at radius 2 is 1.91 bits per heavy atom. The van der Waals surface area contributed by atoms with Crippen LogP contribution in [0.15, 0.2) is 11.6 Å². The maximum Gasteiger partial charge on any atom is 0.279 e. The van der Waals surface area contributed by atoms with Gasteiger partial charge in [-0.15, -0.1) is 0 Å². The Kier molecular flexibility index (Phi) is 5.19. The first-order chi connectivity index (χ1) is 10.6. The first kappa shape index (κ1) is 16.4. The van der Waals surface area contributed by atoms with Gasteiger partial charge in [0, 0.05) is 32.5 Å². The zero-order chi connectivity index (χ0) is 15.5. The third-order valence-corrected chi connectivity index (χ3v) is 6.37. The van der Waals surface area contributed by atoms with Crippen LogP contribution in [0.25, 0.3) is 0 Å². The van der Waals surface area contributed by atoms with Crippen LogP contribution in [-0.2, 0) is 19.7 Å². The van der Waals surface area contributed by atoms with Crippen LogP contribution < -0.4 is 4.72 Å². The van der Waals surface area contributed by atoms with E-state index in [1.807, 2.05) is 0 Å². The number of hydrogen-bond donors (Lipinski definition) is 1. The third kappa shape index (κ3) is 3.89. The van der Waals surface area contributed by atoms with E-state index in [1.54, 1.807) is 0 Å². The van der Waals surface area contributed by atoms with Gasteiger partial charge in [-0.3, -0.25) is 0 Å². The molecule has 0 bridgehead atoms. The molecule has 22 heavy (non-hydrogen) atoms. The standard InChI is InChI=1S/C15H26N2O4S/c18-22(19,16-9-6-14-4-2-1-3-5-14)17-10-7-15(8-11-17)20-12-13-21-15/h4,16H,1-3,5-13H2. The highest BCUT2D eigenvalue weighted by atomic mass is 32.2. The lowest BCUT2D eigenvalue weighted by molar-refractivity contribution is -0.179. The Hall–Kier alpha value is -0.470. The molecule has 2 aliphatic heterocycles. The van der Waals surface area contributed by atoms with Crippen molar-refractivity contribution in [3.05, 3.63) is 11.6 Å². The molecule has 0 saturated carbocycles. The summed E-state index contributed by atoms with van der Waals surface area (Å²) in [7, 11) is -3.39. The van der Waals surface area contributed by atoms with Crippen molar-refractivity contribution < 1.29 is 17.9 Å². The molecule has 2 heterocycles. The van der Waals surface area contributed by atoms with Gasteiger partial charge in [0.15, 0.2) is 5.79 Å². The smallest absolute Gasteiger partial charge is 0.279 e. The molecule has 1 spiro atoms. The van der Waals surface area contributed by atoms with Gasteiger partial charge in [-0.25, -0.2) is 4.72 Å². The normalized spacial score (nSPS) is 26.3. The summed E-state index contributed by atoms with van der Waals surface area (Å²) < 4.78 is 40.2. The van der Waals surface area contributed by atoms with Crippen LogP contribution in [0.1, 0.15) is 44.9 Å². The number of allylic oxidation sites excluding steroid dienone is 1. The molecule has 7 heteroatoms. The second-order valence-electron chi connectivity index (χ2n) is 6.26. The number of nitrogens with one attached hydrogen (secondary N) is 1. The lowest BCUT2D eigenvalue weighted by atomic mass is 9.97. The summed E-state index contributed by atoms with van der Waals surface area (Å²) in [6.07, 6.45) is 9.04. The molecule has 126 valence electrons. The summed E-state index contributed by atoms with van der Waals surface area (Å²) in [5, 5.41) is 0. The Morgan fingerprint density at radius 1 is 1.18 bits per heavy atom. The highest BCUT2D eigenvalue weighted by Gasteiger charge is 2.42. The van der Waals surface area contributed by atoms with Crippen molar-refractivity contribution in [2.24, 2.45) is 0 Å². The molecular weight excluding hydrogens is 304 g/mol. The van der Waals surface area contributed by atoms with Crippen LogP contribution >= 0.6 is 0 Å². The Bertz CT molecular complexity index is 502. The molecule has 1 N–H and O–H groups in total. The molecule has 2 fully saturated rings. The Balaban J connectivity index is 1.45. The van der Waals surface area contributed by atoms with Gasteiger partial charge in [-0.2, -0.15) is 12.7 Å². The number of piperidine rings is 1. The summed E-state index contributed by atoms with van der Waals surface area (Å²) in [5.41, 5.74) is 1.39. The number of ether oxygens (including phenoxy) is 2. The first-order valence-electron chi connectivity index (χ1n) is 8.30. The van der Waals surface area contributed by atoms with E-state index in [2.05, 4.69) is 10.8 Å². The lowest BCUT2D eigenvalue weighted by Crippen LogP contribution is -2.50. The van der Waals surface area contributed by atoms with Gasteiger partial charge >= 0.3 is 0 Å². The fraction of sp³-hybridized carbons (Fsp3) is 0.867. The van der Waals surface area contributed by atoms with Crippen molar-refractivity contribution in [2.45, 2.75) is 50.7 Å². The van der Waals surface area contributed by atoms with Gasteiger partial charge in [0.05, 0.1) is 13.2 Å². The summed E-state index contributed by atoms with van der Waals surface area (Å²) in [6, 6.07) is 0. The topological polar surface area (TPSA) is 67.9 Å². The number of hydrogen-bond acceptors (Lipinski definition) is 4. The van der Waals surface area contributed by atoms with E-state index < -0.39 is 16.0 Å². The van der Waals surface area contributed by atoms with Gasteiger partial charge in [0.25, 0.3) is 10.2 Å². The molecule has 3 aliphatic rings. The minimum atomic E-state index is -3.39. The summed E-state index contributed by atoms with van der Waals surface area (Å²) >= 11 is 0. The van der Waals surface area contributed by atoms with Crippen molar-refractivity contribution >= 4 is 10.2 Å². The highest BCUT2D eigenvalue weighted by molar-refractivity contribution is 7.87. The van der Waals surface area contributed by atoms with E-state index >= 15 is 0 Å². The predicted octanol–water partition coefficient (Wildman–Crippen LogP) is 1.55. The molecule has 0 radical (unpaired) electrons. The summed E-state index contributed by atoms with van der Waals surface area (Å²) in [6.45, 7) is 2.62. The van der Waals surface area contributed by atoms with Crippen LogP contribution in [0, 0.1) is 0 Å². The predicted molar refractivity (Wildman–Crippen MR) is 83.5 cm³/mol. The summed E-state index contributed by atoms with van der Waals surface area (Å²) in [4.78, 5) is 0. The highest BCUT2D eigenvalue weighted by Crippen LogP contribution is 2.31. The molecule has 0 aromatic heterocycles. The van der Waals surface area contributed by atoms with Crippen molar-refractivity contribution in [3.8, 4) is 0 Å². The molecular formula is C15H26N2O4S. The molecule has 0 aromatic carbocycles. The van der Waals surface area contributed by atoms with Crippen molar-refractivity contribution in [3.63, 3.8) is 0 Å². The van der Waals surface area contributed by atoms with Crippen LogP contribution in [0.2, 0.25) is 0 Å². The SMILES string of the molecule is O=S(=O)(NCCC1=CCCCC1)N1CCC2(CC1)OCCO2. The average Bonchev–Trinajstić information content (AvgIpc) is 2.97. The largest absolute Gasteiger partial charge is 0.347 e. The second-order valence-corrected chi connectivity index (χ2v) is 8.02. The quantitative estimate of drug-likeness (QED) is 0.777. The maximum absolute atomic E-state index is 12.3. The van der Waals surface area contributed by atoms with Crippen molar-refractivity contribution in [1.82, 2.24) is 9.03 Å². The molecule has 0 atom stereocenters. The molecule has 0 unspecified atom stereocenters. The van der Waals surface area contributed by atoms with Crippen LogP contribution in [0.5, 0.6) is 0 Å². The molecule has 0 amide bonds. The van der Waals surface area contributed by atoms with Crippen molar-refractivity contribution in [1.29, 1.82) is 0 Å². The van der Waals surface area contributed by atoms with Crippen LogP contribution in [0.4, 0.5) is 0 Å². The van der Waals surface area contributed by atoms with Gasteiger partial charge in [0.1, 0.15) is 0 Å². The Morgan fingerprint density at radius 3 is 2.55 bits per heavy atom. The van der Waals surface area contributed by atoms with E-state index in [-0.39, 0.29) is 0 Å². The van der Waals surface area contributed by atoms with Crippen LogP contribution in [0.3, 0.4) is 0 Å². The minimum Gasteiger partial charge on any atom is -0.347 e. The van der Waals surface area contributed by atoms with Crippen LogP contribution in [-0.4, -0.2) is 51.4 Å². The van der Waals surface area contributed by atoms with E-state index in [9.17, 15) is 8.42 Å². The summed E-state index contributed by atoms with van der Waals surface area (Å²) in [5.74, 6) is -0.529. The molecule has 0 aromatic rings. The second kappa shape index (κ2) is 6.97. The Labute approximate surface area is 133 Å². The average molecular weight is 330 g/mol. The zero-order valence-electron chi connectivity index (χ0n) is 13.1. The van der Waals surface area contributed by atoms with E-state index in [0.717, 1.165) is 19.3 Å². The first-order valence-corrected chi connectivity index (χ1v) is 9.74.